The minimum atomic E-state index is -1.50. The summed E-state index contributed by atoms with van der Waals surface area (Å²) in [5.41, 5.74) is -5.30. The molecular weight excluding hydrogens is 508 g/mol. The Kier molecular flexibility index (Phi) is 6.63. The molecule has 214 valence electrons. The van der Waals surface area contributed by atoms with Crippen LogP contribution < -0.4 is 5.63 Å². The van der Waals surface area contributed by atoms with Gasteiger partial charge >= 0.3 is 17.6 Å². The Morgan fingerprint density at radius 3 is 2.36 bits per heavy atom. The van der Waals surface area contributed by atoms with Gasteiger partial charge in [0.25, 0.3) is 0 Å². The summed E-state index contributed by atoms with van der Waals surface area (Å²) in [6.45, 7) is 6.36. The summed E-state index contributed by atoms with van der Waals surface area (Å²) in [7, 11) is 0. The molecule has 0 bridgehead atoms. The van der Waals surface area contributed by atoms with Crippen LogP contribution in [0.1, 0.15) is 84.1 Å². The van der Waals surface area contributed by atoms with Crippen molar-refractivity contribution in [2.45, 2.75) is 108 Å². The fourth-order valence-corrected chi connectivity index (χ4v) is 8.80. The van der Waals surface area contributed by atoms with Crippen molar-refractivity contribution in [1.82, 2.24) is 0 Å². The van der Waals surface area contributed by atoms with E-state index in [9.17, 15) is 34.5 Å². The number of ether oxygens (including phenoxy) is 2. The molecule has 0 aliphatic heterocycles. The number of aliphatic hydroxyl groups excluding tert-OH is 1. The van der Waals surface area contributed by atoms with Crippen LogP contribution in [-0.4, -0.2) is 62.6 Å². The highest BCUT2D eigenvalue weighted by Crippen LogP contribution is 2.70. The third-order valence-corrected chi connectivity index (χ3v) is 10.8. The Hall–Kier alpha value is -2.56. The Balaban J connectivity index is 1.55. The van der Waals surface area contributed by atoms with Gasteiger partial charge < -0.3 is 29.2 Å². The molecule has 1 aromatic heterocycles. The number of rotatable bonds is 4. The zero-order valence-electron chi connectivity index (χ0n) is 22.8. The highest BCUT2D eigenvalue weighted by atomic mass is 16.6. The van der Waals surface area contributed by atoms with Crippen LogP contribution in [0.25, 0.3) is 0 Å². The average molecular weight is 547 g/mol. The molecule has 10 atom stereocenters. The van der Waals surface area contributed by atoms with Crippen molar-refractivity contribution in [3.63, 3.8) is 0 Å². The first kappa shape index (κ1) is 28.0. The molecule has 1 heterocycles. The van der Waals surface area contributed by atoms with E-state index in [0.717, 1.165) is 0 Å². The lowest BCUT2D eigenvalue weighted by Gasteiger charge is -2.66. The first-order valence-corrected chi connectivity index (χ1v) is 13.8. The zero-order valence-corrected chi connectivity index (χ0v) is 22.8. The van der Waals surface area contributed by atoms with E-state index in [4.69, 9.17) is 13.9 Å². The number of hydrogen-bond donors (Lipinski definition) is 3. The van der Waals surface area contributed by atoms with Crippen LogP contribution in [0.5, 0.6) is 0 Å². The van der Waals surface area contributed by atoms with Crippen molar-refractivity contribution < 1.29 is 43.6 Å². The summed E-state index contributed by atoms with van der Waals surface area (Å²) < 4.78 is 16.2. The number of ketones is 1. The van der Waals surface area contributed by atoms with E-state index >= 15 is 0 Å². The van der Waals surface area contributed by atoms with Crippen LogP contribution in [0.15, 0.2) is 27.6 Å². The number of fused-ring (bicyclic) bond motifs is 5. The zero-order chi connectivity index (χ0) is 28.5. The lowest BCUT2D eigenvalue weighted by molar-refractivity contribution is -0.279. The smallest absolute Gasteiger partial charge is 0.335 e. The quantitative estimate of drug-likeness (QED) is 0.477. The van der Waals surface area contributed by atoms with E-state index in [2.05, 4.69) is 0 Å². The van der Waals surface area contributed by atoms with Crippen molar-refractivity contribution in [2.24, 2.45) is 22.7 Å². The van der Waals surface area contributed by atoms with Gasteiger partial charge in [-0.05, 0) is 56.6 Å². The molecule has 1 aromatic rings. The van der Waals surface area contributed by atoms with E-state index in [1.54, 1.807) is 26.8 Å². The molecule has 10 nitrogen and oxygen atoms in total. The van der Waals surface area contributed by atoms with Crippen LogP contribution in [0, 0.1) is 22.7 Å². The highest BCUT2D eigenvalue weighted by molar-refractivity contribution is 5.93. The lowest BCUT2D eigenvalue weighted by Crippen LogP contribution is -2.74. The summed E-state index contributed by atoms with van der Waals surface area (Å²) in [4.78, 5) is 49.8. The molecule has 0 radical (unpaired) electrons. The molecule has 0 spiro atoms. The number of esters is 2. The first-order chi connectivity index (χ1) is 18.2. The van der Waals surface area contributed by atoms with Crippen molar-refractivity contribution in [2.75, 3.05) is 0 Å². The minimum absolute atomic E-state index is 0.0152. The minimum Gasteiger partial charge on any atom is -0.459 e. The van der Waals surface area contributed by atoms with Crippen LogP contribution in [0.2, 0.25) is 0 Å². The molecular formula is C29H38O10. The van der Waals surface area contributed by atoms with Crippen LogP contribution in [-0.2, 0) is 23.9 Å². The lowest BCUT2D eigenvalue weighted by atomic mass is 9.40. The molecule has 0 amide bonds. The molecule has 5 rings (SSSR count). The van der Waals surface area contributed by atoms with Gasteiger partial charge in [0.2, 0.25) is 0 Å². The average Bonchev–Trinajstić information content (AvgIpc) is 3.15. The molecule has 10 heteroatoms. The van der Waals surface area contributed by atoms with Gasteiger partial charge in [-0.3, -0.25) is 14.4 Å². The summed E-state index contributed by atoms with van der Waals surface area (Å²) in [5.74, 6) is -3.40. The van der Waals surface area contributed by atoms with Gasteiger partial charge in [0.1, 0.15) is 18.3 Å². The van der Waals surface area contributed by atoms with Crippen molar-refractivity contribution in [3.05, 3.63) is 34.4 Å². The van der Waals surface area contributed by atoms with E-state index in [1.807, 2.05) is 0 Å². The second kappa shape index (κ2) is 9.24. The Morgan fingerprint density at radius 1 is 1.05 bits per heavy atom. The summed E-state index contributed by atoms with van der Waals surface area (Å²) >= 11 is 0. The Bertz CT molecular complexity index is 1220. The molecule has 4 aliphatic rings. The molecule has 39 heavy (non-hydrogen) atoms. The second-order valence-electron chi connectivity index (χ2n) is 12.5. The molecule has 3 N–H and O–H groups in total. The Labute approximate surface area is 226 Å². The molecule has 4 aliphatic carbocycles. The number of Topliss-reactive ketones (excluding diaryl/α,β-unsaturated/α-hetero) is 1. The normalized spacial score (nSPS) is 45.1. The summed E-state index contributed by atoms with van der Waals surface area (Å²) in [5, 5.41) is 36.2. The molecule has 0 saturated heterocycles. The maximum atomic E-state index is 14.1. The predicted octanol–water partition coefficient (Wildman–Crippen LogP) is 2.01. The van der Waals surface area contributed by atoms with Crippen molar-refractivity contribution >= 4 is 17.7 Å². The van der Waals surface area contributed by atoms with Gasteiger partial charge in [-0.1, -0.05) is 13.8 Å². The topological polar surface area (TPSA) is 161 Å². The molecule has 0 unspecified atom stereocenters. The summed E-state index contributed by atoms with van der Waals surface area (Å²) in [6, 6.07) is 2.88. The predicted molar refractivity (Wildman–Crippen MR) is 135 cm³/mol. The maximum Gasteiger partial charge on any atom is 0.335 e. The monoisotopic (exact) mass is 546 g/mol. The number of carbonyl (C=O) groups excluding carboxylic acids is 3. The third kappa shape index (κ3) is 3.85. The van der Waals surface area contributed by atoms with Gasteiger partial charge in [-0.15, -0.1) is 0 Å². The number of hydrogen-bond acceptors (Lipinski definition) is 10. The number of carbonyl (C=O) groups is 3. The standard InChI is InChI=1S/C29H38O10/c1-5-21(31)39-20-13-28(35)10-8-18-23(26(28,3)12-19(20)38-15(2)30)24(33)25(34)27(4)17(9-11-29(18,27)36)16-6-7-22(32)37-14-16/h6-7,14,17-20,23-24,33,35-36H,5,8-13H2,1-4H3/t17-,18+,19+,20-,23-,24+,26-,27+,28+,29+/m1/s1. The van der Waals surface area contributed by atoms with E-state index in [1.165, 1.54) is 19.3 Å². The van der Waals surface area contributed by atoms with Crippen molar-refractivity contribution in [1.29, 1.82) is 0 Å². The van der Waals surface area contributed by atoms with Crippen LogP contribution in [0.3, 0.4) is 0 Å². The third-order valence-electron chi connectivity index (χ3n) is 10.8. The van der Waals surface area contributed by atoms with Gasteiger partial charge in [0.15, 0.2) is 5.78 Å². The fraction of sp³-hybridized carbons (Fsp3) is 0.724. The van der Waals surface area contributed by atoms with Crippen LogP contribution >= 0.6 is 0 Å². The second-order valence-corrected chi connectivity index (χ2v) is 12.5. The van der Waals surface area contributed by atoms with E-state index in [-0.39, 0.29) is 25.7 Å². The largest absolute Gasteiger partial charge is 0.459 e. The van der Waals surface area contributed by atoms with Gasteiger partial charge in [0, 0.05) is 43.1 Å². The highest BCUT2D eigenvalue weighted by Gasteiger charge is 2.76. The summed E-state index contributed by atoms with van der Waals surface area (Å²) in [6.07, 6.45) is -0.428. The van der Waals surface area contributed by atoms with Crippen LogP contribution in [0.4, 0.5) is 0 Å². The van der Waals surface area contributed by atoms with Gasteiger partial charge in [-0.25, -0.2) is 4.79 Å². The number of aliphatic hydroxyl groups is 3. The Morgan fingerprint density at radius 2 is 1.74 bits per heavy atom. The maximum absolute atomic E-state index is 14.1. The first-order valence-electron chi connectivity index (χ1n) is 13.8. The van der Waals surface area contributed by atoms with Gasteiger partial charge in [-0.2, -0.15) is 0 Å². The fourth-order valence-electron chi connectivity index (χ4n) is 8.80. The van der Waals surface area contributed by atoms with Gasteiger partial charge in [0.05, 0.1) is 22.9 Å². The molecule has 0 aromatic carbocycles. The SMILES string of the molecule is CCC(=O)O[C@@H]1C[C@@]2(O)CC[C@H]3[C@H]([C@H](O)C(=O)[C@]4(C)[C@@H](c5ccc(=O)oc5)CC[C@]34O)[C@@]2(C)C[C@@H]1OC(C)=O. The van der Waals surface area contributed by atoms with Crippen molar-refractivity contribution in [3.8, 4) is 0 Å². The molecule has 4 saturated carbocycles. The van der Waals surface area contributed by atoms with E-state index < -0.39 is 81.4 Å². The van der Waals surface area contributed by atoms with E-state index in [0.29, 0.717) is 24.8 Å². The molecule has 4 fully saturated rings.